The zero-order valence-electron chi connectivity index (χ0n) is 15.6. The topological polar surface area (TPSA) is 66.5 Å². The lowest BCUT2D eigenvalue weighted by atomic mass is 9.96. The lowest BCUT2D eigenvalue weighted by molar-refractivity contribution is 0.0931. The Labute approximate surface area is 156 Å². The van der Waals surface area contributed by atoms with Gasteiger partial charge in [0, 0.05) is 19.7 Å². The Hall–Kier alpha value is -2.18. The van der Waals surface area contributed by atoms with E-state index in [1.54, 1.807) is 12.1 Å². The SMILES string of the molecule is CC(C)CC(NC(=O)c1cccc(S(=O)(=O)N(C)C)c1)c1ccccc1. The highest BCUT2D eigenvalue weighted by Gasteiger charge is 2.21. The molecule has 2 rings (SSSR count). The molecule has 0 saturated heterocycles. The number of amides is 1. The molecule has 0 heterocycles. The van der Waals surface area contributed by atoms with E-state index >= 15 is 0 Å². The summed E-state index contributed by atoms with van der Waals surface area (Å²) in [5, 5.41) is 3.04. The molecule has 1 N–H and O–H groups in total. The third-order valence-electron chi connectivity index (χ3n) is 4.09. The maximum atomic E-state index is 12.7. The normalized spacial score (nSPS) is 13.0. The summed E-state index contributed by atoms with van der Waals surface area (Å²) in [6, 6.07) is 15.8. The first-order chi connectivity index (χ1) is 12.2. The number of rotatable bonds is 7. The highest BCUT2D eigenvalue weighted by atomic mass is 32.2. The van der Waals surface area contributed by atoms with Crippen molar-refractivity contribution >= 4 is 15.9 Å². The molecule has 1 atom stereocenters. The lowest BCUT2D eigenvalue weighted by Crippen LogP contribution is -2.30. The Morgan fingerprint density at radius 1 is 1.04 bits per heavy atom. The first-order valence-corrected chi connectivity index (χ1v) is 10.0. The van der Waals surface area contributed by atoms with Gasteiger partial charge in [0.25, 0.3) is 5.91 Å². The minimum absolute atomic E-state index is 0.107. The molecule has 0 aliphatic heterocycles. The van der Waals surface area contributed by atoms with Gasteiger partial charge in [0.15, 0.2) is 0 Å². The van der Waals surface area contributed by atoms with Gasteiger partial charge in [0.2, 0.25) is 10.0 Å². The van der Waals surface area contributed by atoms with Gasteiger partial charge in [-0.3, -0.25) is 4.79 Å². The Morgan fingerprint density at radius 3 is 2.27 bits per heavy atom. The number of nitrogens with zero attached hydrogens (tertiary/aromatic N) is 1. The molecule has 26 heavy (non-hydrogen) atoms. The van der Waals surface area contributed by atoms with Crippen LogP contribution >= 0.6 is 0 Å². The van der Waals surface area contributed by atoms with Crippen LogP contribution < -0.4 is 5.32 Å². The fourth-order valence-electron chi connectivity index (χ4n) is 2.69. The lowest BCUT2D eigenvalue weighted by Gasteiger charge is -2.21. The Kier molecular flexibility index (Phi) is 6.56. The molecule has 0 saturated carbocycles. The van der Waals surface area contributed by atoms with Crippen LogP contribution in [0.15, 0.2) is 59.5 Å². The van der Waals surface area contributed by atoms with Crippen LogP contribution in [0.5, 0.6) is 0 Å². The number of carbonyl (C=O) groups excluding carboxylic acids is 1. The van der Waals surface area contributed by atoms with Crippen molar-refractivity contribution in [3.05, 3.63) is 65.7 Å². The average molecular weight is 375 g/mol. The molecule has 2 aromatic rings. The maximum Gasteiger partial charge on any atom is 0.251 e. The predicted molar refractivity (Wildman–Crippen MR) is 103 cm³/mol. The van der Waals surface area contributed by atoms with Gasteiger partial charge in [-0.2, -0.15) is 0 Å². The Bertz CT molecular complexity index is 846. The molecule has 0 fully saturated rings. The number of hydrogen-bond acceptors (Lipinski definition) is 3. The highest BCUT2D eigenvalue weighted by molar-refractivity contribution is 7.89. The molecule has 0 aliphatic carbocycles. The summed E-state index contributed by atoms with van der Waals surface area (Å²) in [5.41, 5.74) is 1.37. The molecular weight excluding hydrogens is 348 g/mol. The minimum Gasteiger partial charge on any atom is -0.345 e. The van der Waals surface area contributed by atoms with Crippen molar-refractivity contribution < 1.29 is 13.2 Å². The van der Waals surface area contributed by atoms with Crippen LogP contribution in [0.1, 0.15) is 42.2 Å². The Balaban J connectivity index is 2.27. The molecule has 1 amide bonds. The fourth-order valence-corrected chi connectivity index (χ4v) is 3.63. The van der Waals surface area contributed by atoms with Crippen LogP contribution in [-0.2, 0) is 10.0 Å². The van der Waals surface area contributed by atoms with E-state index in [9.17, 15) is 13.2 Å². The zero-order valence-corrected chi connectivity index (χ0v) is 16.5. The van der Waals surface area contributed by atoms with Crippen LogP contribution in [0.25, 0.3) is 0 Å². The number of hydrogen-bond donors (Lipinski definition) is 1. The van der Waals surface area contributed by atoms with E-state index in [1.807, 2.05) is 30.3 Å². The molecular formula is C20H26N2O3S. The van der Waals surface area contributed by atoms with Crippen LogP contribution in [0.2, 0.25) is 0 Å². The summed E-state index contributed by atoms with van der Waals surface area (Å²) in [6.45, 7) is 4.21. The van der Waals surface area contributed by atoms with Crippen LogP contribution in [0.4, 0.5) is 0 Å². The number of carbonyl (C=O) groups is 1. The zero-order chi connectivity index (χ0) is 19.3. The van der Waals surface area contributed by atoms with Crippen LogP contribution in [0, 0.1) is 5.92 Å². The summed E-state index contributed by atoms with van der Waals surface area (Å²) in [7, 11) is -0.642. The molecule has 140 valence electrons. The quantitative estimate of drug-likeness (QED) is 0.807. The number of sulfonamides is 1. The number of benzene rings is 2. The van der Waals surface area contributed by atoms with Crippen LogP contribution in [0.3, 0.4) is 0 Å². The minimum atomic E-state index is -3.58. The Morgan fingerprint density at radius 2 is 1.69 bits per heavy atom. The summed E-state index contributed by atoms with van der Waals surface area (Å²) in [4.78, 5) is 12.8. The van der Waals surface area contributed by atoms with Gasteiger partial charge in [-0.15, -0.1) is 0 Å². The van der Waals surface area contributed by atoms with Crippen molar-refractivity contribution in [2.24, 2.45) is 5.92 Å². The van der Waals surface area contributed by atoms with E-state index in [-0.39, 0.29) is 16.8 Å². The van der Waals surface area contributed by atoms with Gasteiger partial charge in [-0.25, -0.2) is 12.7 Å². The van der Waals surface area contributed by atoms with Crippen molar-refractivity contribution in [3.8, 4) is 0 Å². The monoisotopic (exact) mass is 374 g/mol. The second kappa shape index (κ2) is 8.47. The van der Waals surface area contributed by atoms with E-state index in [2.05, 4.69) is 19.2 Å². The third kappa shape index (κ3) is 4.93. The fraction of sp³-hybridized carbons (Fsp3) is 0.350. The third-order valence-corrected chi connectivity index (χ3v) is 5.90. The summed E-state index contributed by atoms with van der Waals surface area (Å²) in [6.07, 6.45) is 0.797. The standard InChI is InChI=1S/C20H26N2O3S/c1-15(2)13-19(16-9-6-5-7-10-16)21-20(23)17-11-8-12-18(14-17)26(24,25)22(3)4/h5-12,14-15,19H,13H2,1-4H3,(H,21,23). The van der Waals surface area contributed by atoms with E-state index in [0.29, 0.717) is 11.5 Å². The predicted octanol–water partition coefficient (Wildman–Crippen LogP) is 3.45. The second-order valence-electron chi connectivity index (χ2n) is 6.88. The van der Waals surface area contributed by atoms with Crippen molar-refractivity contribution in [2.75, 3.05) is 14.1 Å². The average Bonchev–Trinajstić information content (AvgIpc) is 2.61. The molecule has 6 heteroatoms. The molecule has 0 bridgehead atoms. The molecule has 0 radical (unpaired) electrons. The van der Waals surface area contributed by atoms with E-state index in [4.69, 9.17) is 0 Å². The van der Waals surface area contributed by atoms with Crippen molar-refractivity contribution in [2.45, 2.75) is 31.2 Å². The van der Waals surface area contributed by atoms with Gasteiger partial charge in [0.1, 0.15) is 0 Å². The molecule has 0 aromatic heterocycles. The van der Waals surface area contributed by atoms with Gasteiger partial charge >= 0.3 is 0 Å². The van der Waals surface area contributed by atoms with Crippen molar-refractivity contribution in [1.82, 2.24) is 9.62 Å². The largest absolute Gasteiger partial charge is 0.345 e. The number of nitrogens with one attached hydrogen (secondary N) is 1. The van der Waals surface area contributed by atoms with Crippen molar-refractivity contribution in [3.63, 3.8) is 0 Å². The molecule has 1 unspecified atom stereocenters. The van der Waals surface area contributed by atoms with Crippen LogP contribution in [-0.4, -0.2) is 32.7 Å². The molecule has 0 spiro atoms. The van der Waals surface area contributed by atoms with E-state index < -0.39 is 10.0 Å². The summed E-state index contributed by atoms with van der Waals surface area (Å²) >= 11 is 0. The van der Waals surface area contributed by atoms with E-state index in [0.717, 1.165) is 16.3 Å². The molecule has 5 nitrogen and oxygen atoms in total. The smallest absolute Gasteiger partial charge is 0.251 e. The summed E-state index contributed by atoms with van der Waals surface area (Å²) < 4.78 is 25.7. The molecule has 2 aromatic carbocycles. The maximum absolute atomic E-state index is 12.7. The van der Waals surface area contributed by atoms with Gasteiger partial charge < -0.3 is 5.32 Å². The second-order valence-corrected chi connectivity index (χ2v) is 9.03. The van der Waals surface area contributed by atoms with Gasteiger partial charge in [-0.1, -0.05) is 50.2 Å². The van der Waals surface area contributed by atoms with Gasteiger partial charge in [-0.05, 0) is 36.1 Å². The van der Waals surface area contributed by atoms with E-state index in [1.165, 1.54) is 26.2 Å². The first-order valence-electron chi connectivity index (χ1n) is 8.60. The molecule has 0 aliphatic rings. The first kappa shape index (κ1) is 20.1. The summed E-state index contributed by atoms with van der Waals surface area (Å²) in [5.74, 6) is 0.122. The highest BCUT2D eigenvalue weighted by Crippen LogP contribution is 2.22. The van der Waals surface area contributed by atoms with Gasteiger partial charge in [0.05, 0.1) is 10.9 Å². The van der Waals surface area contributed by atoms with Crippen molar-refractivity contribution in [1.29, 1.82) is 0 Å².